The lowest BCUT2D eigenvalue weighted by Crippen LogP contribution is -2.00. The van der Waals surface area contributed by atoms with Gasteiger partial charge >= 0.3 is 0 Å². The fraction of sp³-hybridized carbons (Fsp3) is 0.111. The molecule has 0 amide bonds. The van der Waals surface area contributed by atoms with E-state index in [4.69, 9.17) is 27.9 Å². The number of benzene rings is 3. The van der Waals surface area contributed by atoms with E-state index in [1.54, 1.807) is 12.1 Å². The van der Waals surface area contributed by atoms with E-state index in [1.165, 1.54) is 0 Å². The van der Waals surface area contributed by atoms with E-state index < -0.39 is 0 Å². The number of hydrogen-bond acceptors (Lipinski definition) is 2. The lowest BCUT2D eigenvalue weighted by Gasteiger charge is -2.13. The number of hydrogen-bond donors (Lipinski definition) is 1. The summed E-state index contributed by atoms with van der Waals surface area (Å²) in [4.78, 5) is 0. The maximum Gasteiger partial charge on any atom is 0.125 e. The van der Waals surface area contributed by atoms with Gasteiger partial charge in [0, 0.05) is 21.2 Å². The summed E-state index contributed by atoms with van der Waals surface area (Å²) in [6, 6.07) is 17.1. The molecule has 3 aromatic rings. The number of aliphatic hydroxyl groups is 1. The highest BCUT2D eigenvalue weighted by Crippen LogP contribution is 2.29. The Bertz CT molecular complexity index is 815. The van der Waals surface area contributed by atoms with Crippen molar-refractivity contribution in [2.75, 3.05) is 0 Å². The SMILES string of the molecule is OCc1c(OCc2ccc(Cl)cc2Cl)ccc2ccccc12. The molecule has 0 bridgehead atoms. The molecule has 0 aromatic heterocycles. The highest BCUT2D eigenvalue weighted by Gasteiger charge is 2.09. The first-order valence-corrected chi connectivity index (χ1v) is 7.63. The molecular formula is C18H14Cl2O2. The van der Waals surface area contributed by atoms with Crippen LogP contribution in [0.15, 0.2) is 54.6 Å². The van der Waals surface area contributed by atoms with E-state index in [1.807, 2.05) is 42.5 Å². The van der Waals surface area contributed by atoms with Crippen LogP contribution in [0.1, 0.15) is 11.1 Å². The van der Waals surface area contributed by atoms with Gasteiger partial charge in [0.2, 0.25) is 0 Å². The van der Waals surface area contributed by atoms with Crippen LogP contribution in [0.4, 0.5) is 0 Å². The second-order valence-corrected chi connectivity index (χ2v) is 5.79. The predicted octanol–water partition coefficient (Wildman–Crippen LogP) is 5.22. The molecule has 22 heavy (non-hydrogen) atoms. The van der Waals surface area contributed by atoms with Gasteiger partial charge in [-0.3, -0.25) is 0 Å². The summed E-state index contributed by atoms with van der Waals surface area (Å²) in [6.45, 7) is 0.242. The van der Waals surface area contributed by atoms with Gasteiger partial charge in [-0.05, 0) is 29.0 Å². The molecule has 3 rings (SSSR count). The molecule has 3 aromatic carbocycles. The third-order valence-corrected chi connectivity index (χ3v) is 4.14. The fourth-order valence-corrected chi connectivity index (χ4v) is 2.87. The number of aliphatic hydroxyl groups excluding tert-OH is 1. The topological polar surface area (TPSA) is 29.5 Å². The van der Waals surface area contributed by atoms with E-state index in [2.05, 4.69) is 0 Å². The Balaban J connectivity index is 1.90. The molecule has 0 atom stereocenters. The second-order valence-electron chi connectivity index (χ2n) is 4.95. The Morgan fingerprint density at radius 2 is 1.77 bits per heavy atom. The van der Waals surface area contributed by atoms with Gasteiger partial charge in [-0.2, -0.15) is 0 Å². The third-order valence-electron chi connectivity index (χ3n) is 3.55. The normalized spacial score (nSPS) is 10.9. The summed E-state index contributed by atoms with van der Waals surface area (Å²) in [7, 11) is 0. The summed E-state index contributed by atoms with van der Waals surface area (Å²) in [5.41, 5.74) is 1.63. The van der Waals surface area contributed by atoms with Crippen molar-refractivity contribution in [1.82, 2.24) is 0 Å². The minimum absolute atomic E-state index is 0.0783. The zero-order valence-corrected chi connectivity index (χ0v) is 13.2. The van der Waals surface area contributed by atoms with Gasteiger partial charge in [-0.25, -0.2) is 0 Å². The minimum atomic E-state index is -0.0783. The summed E-state index contributed by atoms with van der Waals surface area (Å²) < 4.78 is 5.86. The number of halogens is 2. The summed E-state index contributed by atoms with van der Waals surface area (Å²) in [6.07, 6.45) is 0. The van der Waals surface area contributed by atoms with Crippen molar-refractivity contribution >= 4 is 34.0 Å². The molecule has 4 heteroatoms. The zero-order valence-electron chi connectivity index (χ0n) is 11.7. The van der Waals surface area contributed by atoms with Crippen LogP contribution in [0.25, 0.3) is 10.8 Å². The quantitative estimate of drug-likeness (QED) is 0.709. The summed E-state index contributed by atoms with van der Waals surface area (Å²) >= 11 is 12.0. The van der Waals surface area contributed by atoms with Crippen molar-refractivity contribution in [3.8, 4) is 5.75 Å². The first-order valence-electron chi connectivity index (χ1n) is 6.87. The van der Waals surface area contributed by atoms with Crippen LogP contribution >= 0.6 is 23.2 Å². The Hall–Kier alpha value is -1.74. The Morgan fingerprint density at radius 1 is 0.955 bits per heavy atom. The molecule has 0 aliphatic heterocycles. The van der Waals surface area contributed by atoms with Crippen molar-refractivity contribution < 1.29 is 9.84 Å². The Morgan fingerprint density at radius 3 is 2.55 bits per heavy atom. The van der Waals surface area contributed by atoms with E-state index in [0.717, 1.165) is 21.9 Å². The van der Waals surface area contributed by atoms with Crippen LogP contribution in [0.5, 0.6) is 5.75 Å². The monoisotopic (exact) mass is 332 g/mol. The van der Waals surface area contributed by atoms with Crippen LogP contribution in [-0.4, -0.2) is 5.11 Å². The molecule has 1 N–H and O–H groups in total. The molecule has 0 fully saturated rings. The van der Waals surface area contributed by atoms with Gasteiger partial charge in [0.1, 0.15) is 12.4 Å². The van der Waals surface area contributed by atoms with Crippen molar-refractivity contribution in [1.29, 1.82) is 0 Å². The average molecular weight is 333 g/mol. The van der Waals surface area contributed by atoms with Crippen LogP contribution in [-0.2, 0) is 13.2 Å². The van der Waals surface area contributed by atoms with Gasteiger partial charge in [0.25, 0.3) is 0 Å². The van der Waals surface area contributed by atoms with Crippen LogP contribution < -0.4 is 4.74 Å². The summed E-state index contributed by atoms with van der Waals surface area (Å²) in [5.74, 6) is 0.659. The van der Waals surface area contributed by atoms with Gasteiger partial charge in [0.05, 0.1) is 6.61 Å². The Kier molecular flexibility index (Phi) is 4.53. The largest absolute Gasteiger partial charge is 0.488 e. The number of ether oxygens (including phenoxy) is 1. The number of fused-ring (bicyclic) bond motifs is 1. The van der Waals surface area contributed by atoms with Gasteiger partial charge in [0.15, 0.2) is 0 Å². The van der Waals surface area contributed by atoms with Gasteiger partial charge < -0.3 is 9.84 Å². The molecule has 0 unspecified atom stereocenters. The maximum absolute atomic E-state index is 9.68. The van der Waals surface area contributed by atoms with E-state index >= 15 is 0 Å². The van der Waals surface area contributed by atoms with Gasteiger partial charge in [-0.15, -0.1) is 0 Å². The highest BCUT2D eigenvalue weighted by molar-refractivity contribution is 6.35. The molecule has 2 nitrogen and oxygen atoms in total. The predicted molar refractivity (Wildman–Crippen MR) is 90.7 cm³/mol. The van der Waals surface area contributed by atoms with Crippen LogP contribution in [0.3, 0.4) is 0 Å². The molecule has 112 valence electrons. The van der Waals surface area contributed by atoms with Crippen molar-refractivity contribution in [2.24, 2.45) is 0 Å². The van der Waals surface area contributed by atoms with Crippen molar-refractivity contribution in [2.45, 2.75) is 13.2 Å². The van der Waals surface area contributed by atoms with Crippen molar-refractivity contribution in [3.63, 3.8) is 0 Å². The molecule has 0 heterocycles. The number of rotatable bonds is 4. The van der Waals surface area contributed by atoms with E-state index in [-0.39, 0.29) is 6.61 Å². The third kappa shape index (κ3) is 3.05. The summed E-state index contributed by atoms with van der Waals surface area (Å²) in [5, 5.41) is 12.9. The maximum atomic E-state index is 9.68. The van der Waals surface area contributed by atoms with Gasteiger partial charge in [-0.1, -0.05) is 59.6 Å². The first kappa shape index (κ1) is 15.2. The van der Waals surface area contributed by atoms with E-state index in [0.29, 0.717) is 22.4 Å². The highest BCUT2D eigenvalue weighted by atomic mass is 35.5. The lowest BCUT2D eigenvalue weighted by atomic mass is 10.0. The molecular weight excluding hydrogens is 319 g/mol. The lowest BCUT2D eigenvalue weighted by molar-refractivity contribution is 0.261. The molecule has 0 aliphatic carbocycles. The zero-order chi connectivity index (χ0) is 15.5. The molecule has 0 radical (unpaired) electrons. The molecule has 0 saturated carbocycles. The fourth-order valence-electron chi connectivity index (χ4n) is 2.41. The Labute approximate surface area is 138 Å². The van der Waals surface area contributed by atoms with E-state index in [9.17, 15) is 5.11 Å². The smallest absolute Gasteiger partial charge is 0.125 e. The minimum Gasteiger partial charge on any atom is -0.488 e. The molecule has 0 aliphatic rings. The standard InChI is InChI=1S/C18H14Cl2O2/c19-14-7-5-13(17(20)9-14)11-22-18-8-6-12-3-1-2-4-15(12)16(18)10-21/h1-9,21H,10-11H2. The van der Waals surface area contributed by atoms with Crippen LogP contribution in [0, 0.1) is 0 Å². The average Bonchev–Trinajstić information content (AvgIpc) is 2.53. The second kappa shape index (κ2) is 6.57. The van der Waals surface area contributed by atoms with Crippen molar-refractivity contribution in [3.05, 3.63) is 75.8 Å². The first-order chi connectivity index (χ1) is 10.7. The molecule has 0 saturated heterocycles. The van der Waals surface area contributed by atoms with Crippen LogP contribution in [0.2, 0.25) is 10.0 Å². The molecule has 0 spiro atoms.